The first-order chi connectivity index (χ1) is 7.84. The molecule has 1 aliphatic rings. The number of benzene rings is 2. The molecule has 0 spiro atoms. The Hall–Kier alpha value is -1.12. The third kappa shape index (κ3) is 1.68. The fourth-order valence-corrected chi connectivity index (χ4v) is 2.52. The molecule has 3 rings (SSSR count). The van der Waals surface area contributed by atoms with Crippen LogP contribution in [0.4, 0.5) is 0 Å². The molecule has 0 fully saturated rings. The molecule has 0 aliphatic carbocycles. The summed E-state index contributed by atoms with van der Waals surface area (Å²) in [6.45, 7) is 0.969. The molecule has 2 aromatic rings. The molecule has 0 bridgehead atoms. The summed E-state index contributed by atoms with van der Waals surface area (Å²) in [7, 11) is 0. The van der Waals surface area contributed by atoms with Crippen molar-refractivity contribution in [3.63, 3.8) is 0 Å². The number of hydrogen-bond donors (Lipinski definition) is 1. The molecule has 1 nitrogen and oxygen atoms in total. The van der Waals surface area contributed by atoms with Gasteiger partial charge >= 0.3 is 0 Å². The van der Waals surface area contributed by atoms with Gasteiger partial charge in [0.2, 0.25) is 0 Å². The minimum atomic E-state index is 0.351. The minimum Gasteiger partial charge on any atom is -0.302 e. The Bertz CT molecular complexity index is 504. The van der Waals surface area contributed by atoms with Crippen LogP contribution in [0.1, 0.15) is 22.7 Å². The van der Waals surface area contributed by atoms with E-state index < -0.39 is 0 Å². The van der Waals surface area contributed by atoms with E-state index in [0.29, 0.717) is 6.04 Å². The van der Waals surface area contributed by atoms with Crippen LogP contribution in [0.2, 0.25) is 0 Å². The molecule has 1 aliphatic heterocycles. The van der Waals surface area contributed by atoms with Gasteiger partial charge in [-0.3, -0.25) is 0 Å². The fourth-order valence-electron chi connectivity index (χ4n) is 2.25. The molecular formula is C14H12BrN. The van der Waals surface area contributed by atoms with Crippen LogP contribution in [0.5, 0.6) is 0 Å². The van der Waals surface area contributed by atoms with Crippen LogP contribution in [-0.4, -0.2) is 0 Å². The highest BCUT2D eigenvalue weighted by molar-refractivity contribution is 9.10. The summed E-state index contributed by atoms with van der Waals surface area (Å²) in [5, 5.41) is 3.54. The van der Waals surface area contributed by atoms with E-state index in [4.69, 9.17) is 0 Å². The van der Waals surface area contributed by atoms with Crippen LogP contribution in [0.3, 0.4) is 0 Å². The van der Waals surface area contributed by atoms with Crippen LogP contribution in [0.15, 0.2) is 53.0 Å². The van der Waals surface area contributed by atoms with Crippen molar-refractivity contribution >= 4 is 15.9 Å². The molecule has 1 N–H and O–H groups in total. The van der Waals surface area contributed by atoms with Crippen LogP contribution >= 0.6 is 15.9 Å². The van der Waals surface area contributed by atoms with E-state index >= 15 is 0 Å². The van der Waals surface area contributed by atoms with Gasteiger partial charge in [0.25, 0.3) is 0 Å². The maximum absolute atomic E-state index is 3.54. The van der Waals surface area contributed by atoms with E-state index in [0.717, 1.165) is 11.0 Å². The van der Waals surface area contributed by atoms with Crippen LogP contribution in [0.25, 0.3) is 0 Å². The highest BCUT2D eigenvalue weighted by Gasteiger charge is 2.22. The highest BCUT2D eigenvalue weighted by Crippen LogP contribution is 2.30. The lowest BCUT2D eigenvalue weighted by molar-refractivity contribution is 0.667. The lowest BCUT2D eigenvalue weighted by Gasteiger charge is -2.12. The number of hydrogen-bond acceptors (Lipinski definition) is 1. The predicted molar refractivity (Wildman–Crippen MR) is 69.3 cm³/mol. The summed E-state index contributed by atoms with van der Waals surface area (Å²) in [4.78, 5) is 0. The average molecular weight is 274 g/mol. The molecule has 1 heterocycles. The molecule has 16 heavy (non-hydrogen) atoms. The van der Waals surface area contributed by atoms with Gasteiger partial charge in [-0.05, 0) is 28.8 Å². The van der Waals surface area contributed by atoms with Gasteiger partial charge in [0, 0.05) is 11.0 Å². The highest BCUT2D eigenvalue weighted by atomic mass is 79.9. The predicted octanol–water partition coefficient (Wildman–Crippen LogP) is 3.64. The summed E-state index contributed by atoms with van der Waals surface area (Å²) in [5.74, 6) is 0. The van der Waals surface area contributed by atoms with Crippen LogP contribution < -0.4 is 5.32 Å². The van der Waals surface area contributed by atoms with Crippen molar-refractivity contribution in [2.24, 2.45) is 0 Å². The minimum absolute atomic E-state index is 0.351. The van der Waals surface area contributed by atoms with Gasteiger partial charge in [-0.2, -0.15) is 0 Å². The first-order valence-electron chi connectivity index (χ1n) is 5.41. The lowest BCUT2D eigenvalue weighted by atomic mass is 9.99. The molecule has 0 saturated heterocycles. The number of rotatable bonds is 1. The molecule has 0 saturated carbocycles. The van der Waals surface area contributed by atoms with Gasteiger partial charge in [0.05, 0.1) is 6.04 Å². The molecule has 0 aromatic heterocycles. The van der Waals surface area contributed by atoms with Crippen molar-refractivity contribution in [3.8, 4) is 0 Å². The Labute approximate surface area is 104 Å². The summed E-state index contributed by atoms with van der Waals surface area (Å²) in [6, 6.07) is 17.5. The second kappa shape index (κ2) is 4.04. The zero-order valence-corrected chi connectivity index (χ0v) is 10.4. The van der Waals surface area contributed by atoms with Crippen molar-refractivity contribution in [1.29, 1.82) is 0 Å². The van der Waals surface area contributed by atoms with E-state index in [9.17, 15) is 0 Å². The second-order valence-corrected chi connectivity index (χ2v) is 4.98. The molecule has 0 amide bonds. The molecule has 1 unspecified atom stereocenters. The van der Waals surface area contributed by atoms with Gasteiger partial charge in [-0.25, -0.2) is 0 Å². The molecule has 2 heteroatoms. The standard InChI is InChI=1S/C14H12BrN/c15-12-7-5-10(6-8-12)14-13-4-2-1-3-11(13)9-16-14/h1-8,14,16H,9H2. The zero-order chi connectivity index (χ0) is 11.0. The summed E-state index contributed by atoms with van der Waals surface area (Å²) in [5.41, 5.74) is 4.15. The number of fused-ring (bicyclic) bond motifs is 1. The first kappa shape index (κ1) is 10.1. The largest absolute Gasteiger partial charge is 0.302 e. The topological polar surface area (TPSA) is 12.0 Å². The van der Waals surface area contributed by atoms with E-state index in [1.54, 1.807) is 0 Å². The molecular weight excluding hydrogens is 262 g/mol. The van der Waals surface area contributed by atoms with Crippen molar-refractivity contribution in [2.75, 3.05) is 0 Å². The second-order valence-electron chi connectivity index (χ2n) is 4.06. The van der Waals surface area contributed by atoms with Crippen molar-refractivity contribution in [1.82, 2.24) is 5.32 Å². The SMILES string of the molecule is Brc1ccc(C2NCc3ccccc32)cc1. The Balaban J connectivity index is 2.01. The summed E-state index contributed by atoms with van der Waals surface area (Å²) in [6.07, 6.45) is 0. The molecule has 0 radical (unpaired) electrons. The maximum atomic E-state index is 3.54. The summed E-state index contributed by atoms with van der Waals surface area (Å²) >= 11 is 3.47. The van der Waals surface area contributed by atoms with E-state index in [1.807, 2.05) is 0 Å². The smallest absolute Gasteiger partial charge is 0.0582 e. The van der Waals surface area contributed by atoms with Gasteiger partial charge in [-0.15, -0.1) is 0 Å². The van der Waals surface area contributed by atoms with Crippen LogP contribution in [-0.2, 0) is 6.54 Å². The van der Waals surface area contributed by atoms with Gasteiger partial charge < -0.3 is 5.32 Å². The zero-order valence-electron chi connectivity index (χ0n) is 8.78. The molecule has 80 valence electrons. The van der Waals surface area contributed by atoms with E-state index in [1.165, 1.54) is 16.7 Å². The Morgan fingerprint density at radius 2 is 1.75 bits per heavy atom. The maximum Gasteiger partial charge on any atom is 0.0582 e. The van der Waals surface area contributed by atoms with Gasteiger partial charge in [0.1, 0.15) is 0 Å². The van der Waals surface area contributed by atoms with E-state index in [2.05, 4.69) is 69.8 Å². The Morgan fingerprint density at radius 1 is 1.00 bits per heavy atom. The molecule has 1 atom stereocenters. The van der Waals surface area contributed by atoms with Crippen molar-refractivity contribution in [2.45, 2.75) is 12.6 Å². The van der Waals surface area contributed by atoms with Gasteiger partial charge in [-0.1, -0.05) is 52.3 Å². The quantitative estimate of drug-likeness (QED) is 0.837. The number of nitrogens with one attached hydrogen (secondary N) is 1. The summed E-state index contributed by atoms with van der Waals surface area (Å²) < 4.78 is 1.13. The fraction of sp³-hybridized carbons (Fsp3) is 0.143. The van der Waals surface area contributed by atoms with Crippen LogP contribution in [0, 0.1) is 0 Å². The average Bonchev–Trinajstić information content (AvgIpc) is 2.74. The third-order valence-electron chi connectivity index (χ3n) is 3.07. The first-order valence-corrected chi connectivity index (χ1v) is 6.20. The van der Waals surface area contributed by atoms with Crippen molar-refractivity contribution in [3.05, 3.63) is 69.7 Å². The monoisotopic (exact) mass is 273 g/mol. The normalized spacial score (nSPS) is 18.4. The third-order valence-corrected chi connectivity index (χ3v) is 3.59. The molecule has 2 aromatic carbocycles. The Kier molecular flexibility index (Phi) is 2.54. The van der Waals surface area contributed by atoms with Gasteiger partial charge in [0.15, 0.2) is 0 Å². The number of halogens is 1. The lowest BCUT2D eigenvalue weighted by Crippen LogP contribution is -2.12. The Morgan fingerprint density at radius 3 is 2.56 bits per heavy atom. The van der Waals surface area contributed by atoms with E-state index in [-0.39, 0.29) is 0 Å². The van der Waals surface area contributed by atoms with Crippen molar-refractivity contribution < 1.29 is 0 Å².